The molecule has 1 N–H and O–H groups in total. The summed E-state index contributed by atoms with van der Waals surface area (Å²) >= 11 is 0. The molecule has 4 rings (SSSR count). The quantitative estimate of drug-likeness (QED) is 0.609. The lowest BCUT2D eigenvalue weighted by Crippen LogP contribution is -2.30. The molecule has 4 aromatic rings. The van der Waals surface area contributed by atoms with E-state index in [1.165, 1.54) is 21.7 Å². The van der Waals surface area contributed by atoms with Crippen molar-refractivity contribution in [2.75, 3.05) is 4.90 Å². The van der Waals surface area contributed by atoms with Gasteiger partial charge in [-0.1, -0.05) is 18.2 Å². The number of para-hydroxylation sites is 1. The Hall–Kier alpha value is -3.68. The summed E-state index contributed by atoms with van der Waals surface area (Å²) in [7, 11) is 0. The van der Waals surface area contributed by atoms with Gasteiger partial charge in [0.05, 0.1) is 12.8 Å². The van der Waals surface area contributed by atoms with Crippen LogP contribution in [0.15, 0.2) is 64.0 Å². The number of furan rings is 1. The van der Waals surface area contributed by atoms with Crippen molar-refractivity contribution in [3.05, 3.63) is 82.4 Å². The van der Waals surface area contributed by atoms with Crippen LogP contribution in [-0.4, -0.2) is 25.5 Å². The van der Waals surface area contributed by atoms with E-state index in [1.54, 1.807) is 19.1 Å². The molecular formula is C18H15N5O3. The van der Waals surface area contributed by atoms with Crippen LogP contribution in [0.4, 0.5) is 5.69 Å². The number of nitrogens with one attached hydrogen (secondary N) is 1. The van der Waals surface area contributed by atoms with Gasteiger partial charge in [-0.3, -0.25) is 19.6 Å². The molecular weight excluding hydrogens is 334 g/mol. The van der Waals surface area contributed by atoms with E-state index in [-0.39, 0.29) is 29.5 Å². The maximum Gasteiger partial charge on any atom is 0.294 e. The van der Waals surface area contributed by atoms with Crippen molar-refractivity contribution in [2.45, 2.75) is 13.5 Å². The zero-order valence-electron chi connectivity index (χ0n) is 13.9. The van der Waals surface area contributed by atoms with Crippen molar-refractivity contribution in [2.24, 2.45) is 0 Å². The molecule has 0 bridgehead atoms. The Labute approximate surface area is 147 Å². The highest BCUT2D eigenvalue weighted by atomic mass is 16.3. The Morgan fingerprint density at radius 1 is 1.19 bits per heavy atom. The molecule has 0 radical (unpaired) electrons. The van der Waals surface area contributed by atoms with Crippen LogP contribution in [0.1, 0.15) is 22.1 Å². The summed E-state index contributed by atoms with van der Waals surface area (Å²) in [5, 5.41) is 2.90. The third kappa shape index (κ3) is 2.88. The third-order valence-corrected chi connectivity index (χ3v) is 3.86. The van der Waals surface area contributed by atoms with Gasteiger partial charge >= 0.3 is 0 Å². The zero-order valence-corrected chi connectivity index (χ0v) is 13.9. The number of rotatable bonds is 4. The number of hydrogen-bond donors (Lipinski definition) is 1. The van der Waals surface area contributed by atoms with Crippen LogP contribution in [0.3, 0.4) is 0 Å². The second kappa shape index (κ2) is 6.32. The number of carbonyl (C=O) groups is 1. The molecule has 1 amide bonds. The monoisotopic (exact) mass is 349 g/mol. The number of aryl methyl sites for hydroxylation is 1. The summed E-state index contributed by atoms with van der Waals surface area (Å²) in [5.74, 6) is 0.613. The molecule has 3 aromatic heterocycles. The predicted octanol–water partition coefficient (Wildman–Crippen LogP) is 2.17. The van der Waals surface area contributed by atoms with Gasteiger partial charge in [0.1, 0.15) is 5.82 Å². The summed E-state index contributed by atoms with van der Waals surface area (Å²) in [6.07, 6.45) is 1.45. The number of nitrogens with zero attached hydrogens (tertiary/aromatic N) is 4. The average Bonchev–Trinajstić information content (AvgIpc) is 3.29. The second-order valence-electron chi connectivity index (χ2n) is 5.75. The number of hydrogen-bond acceptors (Lipinski definition) is 5. The topological polar surface area (TPSA) is 96.5 Å². The Balaban J connectivity index is 1.74. The number of fused-ring (bicyclic) bond motifs is 1. The van der Waals surface area contributed by atoms with Gasteiger partial charge < -0.3 is 4.42 Å². The standard InChI is InChI=1S/C18H15N5O3/c1-12-10-16(24)23-18(19-12)20-15(21-23)11-22(13-6-3-2-4-7-13)17(25)14-8-5-9-26-14/h2-10H,11H2,1H3,(H,19,20,21). The number of aromatic amines is 1. The maximum absolute atomic E-state index is 12.9. The summed E-state index contributed by atoms with van der Waals surface area (Å²) in [6.45, 7) is 1.86. The van der Waals surface area contributed by atoms with Crippen molar-refractivity contribution in [3.63, 3.8) is 0 Å². The summed E-state index contributed by atoms with van der Waals surface area (Å²) in [6, 6.07) is 13.9. The molecule has 0 atom stereocenters. The van der Waals surface area contributed by atoms with E-state index in [0.29, 0.717) is 17.2 Å². The molecule has 0 aliphatic heterocycles. The van der Waals surface area contributed by atoms with Crippen molar-refractivity contribution in [1.29, 1.82) is 0 Å². The fourth-order valence-corrected chi connectivity index (χ4v) is 2.68. The Morgan fingerprint density at radius 3 is 2.73 bits per heavy atom. The minimum Gasteiger partial charge on any atom is -0.459 e. The second-order valence-corrected chi connectivity index (χ2v) is 5.75. The van der Waals surface area contributed by atoms with Crippen molar-refractivity contribution in [3.8, 4) is 0 Å². The summed E-state index contributed by atoms with van der Waals surface area (Å²) < 4.78 is 6.49. The zero-order chi connectivity index (χ0) is 18.1. The van der Waals surface area contributed by atoms with E-state index in [4.69, 9.17) is 4.42 Å². The summed E-state index contributed by atoms with van der Waals surface area (Å²) in [5.41, 5.74) is 1.01. The van der Waals surface area contributed by atoms with Crippen molar-refractivity contribution in [1.82, 2.24) is 19.6 Å². The van der Waals surface area contributed by atoms with Gasteiger partial charge in [0.15, 0.2) is 5.76 Å². The first-order valence-corrected chi connectivity index (χ1v) is 7.97. The van der Waals surface area contributed by atoms with Gasteiger partial charge in [-0.2, -0.15) is 9.50 Å². The SMILES string of the molecule is Cc1cc(=O)n2[nH]c(CN(C(=O)c3ccco3)c3ccccc3)nc2n1. The Kier molecular flexibility index (Phi) is 3.85. The molecule has 8 nitrogen and oxygen atoms in total. The van der Waals surface area contributed by atoms with Crippen LogP contribution in [0.2, 0.25) is 0 Å². The lowest BCUT2D eigenvalue weighted by molar-refractivity contribution is 0.0957. The third-order valence-electron chi connectivity index (χ3n) is 3.86. The van der Waals surface area contributed by atoms with Gasteiger partial charge in [0.25, 0.3) is 17.2 Å². The minimum atomic E-state index is -0.307. The highest BCUT2D eigenvalue weighted by molar-refractivity contribution is 6.04. The Morgan fingerprint density at radius 2 is 2.00 bits per heavy atom. The van der Waals surface area contributed by atoms with Gasteiger partial charge in [-0.15, -0.1) is 0 Å². The van der Waals surface area contributed by atoms with E-state index in [0.717, 1.165) is 0 Å². The van der Waals surface area contributed by atoms with Crippen LogP contribution in [0.25, 0.3) is 5.78 Å². The largest absolute Gasteiger partial charge is 0.459 e. The van der Waals surface area contributed by atoms with E-state index in [9.17, 15) is 9.59 Å². The fourth-order valence-electron chi connectivity index (χ4n) is 2.68. The van der Waals surface area contributed by atoms with Crippen LogP contribution < -0.4 is 10.5 Å². The maximum atomic E-state index is 12.9. The molecule has 0 aliphatic rings. The molecule has 3 heterocycles. The van der Waals surface area contributed by atoms with Crippen LogP contribution in [-0.2, 0) is 6.54 Å². The first-order chi connectivity index (χ1) is 12.6. The lowest BCUT2D eigenvalue weighted by Gasteiger charge is -2.20. The number of anilines is 1. The number of H-pyrrole nitrogens is 1. The molecule has 0 unspecified atom stereocenters. The molecule has 0 saturated heterocycles. The van der Waals surface area contributed by atoms with Gasteiger partial charge in [-0.05, 0) is 31.2 Å². The highest BCUT2D eigenvalue weighted by Crippen LogP contribution is 2.19. The number of amides is 1. The van der Waals surface area contributed by atoms with E-state index in [2.05, 4.69) is 15.1 Å². The van der Waals surface area contributed by atoms with Gasteiger partial charge in [-0.25, -0.2) is 4.98 Å². The molecule has 0 spiro atoms. The minimum absolute atomic E-state index is 0.130. The van der Waals surface area contributed by atoms with E-state index in [1.807, 2.05) is 30.3 Å². The smallest absolute Gasteiger partial charge is 0.294 e. The predicted molar refractivity (Wildman–Crippen MR) is 94.0 cm³/mol. The molecule has 130 valence electrons. The van der Waals surface area contributed by atoms with Crippen LogP contribution in [0.5, 0.6) is 0 Å². The molecule has 0 aliphatic carbocycles. The Bertz CT molecular complexity index is 1110. The van der Waals surface area contributed by atoms with Gasteiger partial charge in [0, 0.05) is 17.4 Å². The van der Waals surface area contributed by atoms with Crippen molar-refractivity contribution < 1.29 is 9.21 Å². The van der Waals surface area contributed by atoms with Crippen LogP contribution in [0, 0.1) is 6.92 Å². The average molecular weight is 349 g/mol. The molecule has 0 fully saturated rings. The van der Waals surface area contributed by atoms with Crippen molar-refractivity contribution >= 4 is 17.4 Å². The van der Waals surface area contributed by atoms with Crippen LogP contribution >= 0.6 is 0 Å². The van der Waals surface area contributed by atoms with Gasteiger partial charge in [0.2, 0.25) is 0 Å². The first-order valence-electron chi connectivity index (χ1n) is 7.97. The number of carbonyl (C=O) groups excluding carboxylic acids is 1. The lowest BCUT2D eigenvalue weighted by atomic mass is 10.2. The van der Waals surface area contributed by atoms with E-state index >= 15 is 0 Å². The molecule has 8 heteroatoms. The molecule has 0 saturated carbocycles. The van der Waals surface area contributed by atoms with E-state index < -0.39 is 0 Å². The molecule has 1 aromatic carbocycles. The normalized spacial score (nSPS) is 11.0. The highest BCUT2D eigenvalue weighted by Gasteiger charge is 2.22. The number of aromatic nitrogens is 4. The summed E-state index contributed by atoms with van der Waals surface area (Å²) in [4.78, 5) is 35.0. The fraction of sp³-hybridized carbons (Fsp3) is 0.111. The number of benzene rings is 1. The molecule has 26 heavy (non-hydrogen) atoms. The first kappa shape index (κ1) is 15.8.